The van der Waals surface area contributed by atoms with E-state index in [4.69, 9.17) is 0 Å². The highest BCUT2D eigenvalue weighted by molar-refractivity contribution is 5.90. The standard InChI is InChI=1S/C12H16N2O/c1-2-9-5-3-4-6-11(9)14-12(15)13-10-7-8-10/h3-6,10H,2,7-8H2,1H3,(H2,13,14,15). The summed E-state index contributed by atoms with van der Waals surface area (Å²) in [6, 6.07) is 8.21. The third kappa shape index (κ3) is 2.72. The summed E-state index contributed by atoms with van der Waals surface area (Å²) in [5.41, 5.74) is 2.08. The Bertz CT molecular complexity index is 358. The first kappa shape index (κ1) is 10.0. The molecule has 0 heterocycles. The number of anilines is 1. The number of hydrogen-bond acceptors (Lipinski definition) is 1. The highest BCUT2D eigenvalue weighted by Crippen LogP contribution is 2.19. The first-order chi connectivity index (χ1) is 7.29. The zero-order valence-corrected chi connectivity index (χ0v) is 8.92. The molecule has 15 heavy (non-hydrogen) atoms. The summed E-state index contributed by atoms with van der Waals surface area (Å²) in [6.45, 7) is 2.08. The average Bonchev–Trinajstić information content (AvgIpc) is 3.02. The molecule has 0 saturated heterocycles. The molecule has 2 N–H and O–H groups in total. The molecule has 80 valence electrons. The molecule has 2 amide bonds. The van der Waals surface area contributed by atoms with Gasteiger partial charge in [0.1, 0.15) is 0 Å². The zero-order valence-electron chi connectivity index (χ0n) is 8.92. The second-order valence-electron chi connectivity index (χ2n) is 3.88. The van der Waals surface area contributed by atoms with Gasteiger partial charge < -0.3 is 10.6 Å². The molecule has 1 aromatic rings. The minimum Gasteiger partial charge on any atom is -0.335 e. The Balaban J connectivity index is 1.98. The van der Waals surface area contributed by atoms with Crippen LogP contribution in [0.15, 0.2) is 24.3 Å². The van der Waals surface area contributed by atoms with E-state index < -0.39 is 0 Å². The summed E-state index contributed by atoms with van der Waals surface area (Å²) >= 11 is 0. The molecule has 0 unspecified atom stereocenters. The van der Waals surface area contributed by atoms with E-state index in [0.29, 0.717) is 6.04 Å². The summed E-state index contributed by atoms with van der Waals surface area (Å²) in [5.74, 6) is 0. The van der Waals surface area contributed by atoms with E-state index in [2.05, 4.69) is 17.6 Å². The zero-order chi connectivity index (χ0) is 10.7. The van der Waals surface area contributed by atoms with Crippen molar-refractivity contribution in [2.75, 3.05) is 5.32 Å². The predicted molar refractivity (Wildman–Crippen MR) is 61.0 cm³/mol. The van der Waals surface area contributed by atoms with E-state index in [9.17, 15) is 4.79 Å². The summed E-state index contributed by atoms with van der Waals surface area (Å²) in [6.07, 6.45) is 3.16. The van der Waals surface area contributed by atoms with Crippen LogP contribution in [0, 0.1) is 0 Å². The molecule has 1 fully saturated rings. The van der Waals surface area contributed by atoms with Gasteiger partial charge in [-0.05, 0) is 30.9 Å². The van der Waals surface area contributed by atoms with E-state index in [0.717, 1.165) is 24.9 Å². The fourth-order valence-electron chi connectivity index (χ4n) is 1.52. The molecule has 1 aliphatic carbocycles. The van der Waals surface area contributed by atoms with E-state index in [1.807, 2.05) is 24.3 Å². The molecule has 1 aromatic carbocycles. The van der Waals surface area contributed by atoms with Crippen molar-refractivity contribution in [1.82, 2.24) is 5.32 Å². The van der Waals surface area contributed by atoms with Crippen LogP contribution in [0.2, 0.25) is 0 Å². The van der Waals surface area contributed by atoms with Gasteiger partial charge >= 0.3 is 6.03 Å². The molecule has 3 heteroatoms. The number of amides is 2. The van der Waals surface area contributed by atoms with Crippen LogP contribution in [-0.2, 0) is 6.42 Å². The molecule has 0 bridgehead atoms. The van der Waals surface area contributed by atoms with Gasteiger partial charge in [-0.1, -0.05) is 25.1 Å². The van der Waals surface area contributed by atoms with Gasteiger partial charge in [0.05, 0.1) is 0 Å². The van der Waals surface area contributed by atoms with Gasteiger partial charge in [0.25, 0.3) is 0 Å². The van der Waals surface area contributed by atoms with Gasteiger partial charge in [0, 0.05) is 11.7 Å². The highest BCUT2D eigenvalue weighted by Gasteiger charge is 2.23. The minimum absolute atomic E-state index is 0.0848. The first-order valence-electron chi connectivity index (χ1n) is 5.45. The van der Waals surface area contributed by atoms with Crippen LogP contribution < -0.4 is 10.6 Å². The Kier molecular flexibility index (Phi) is 2.90. The van der Waals surface area contributed by atoms with Crippen LogP contribution in [0.4, 0.5) is 10.5 Å². The van der Waals surface area contributed by atoms with Crippen molar-refractivity contribution in [3.8, 4) is 0 Å². The fraction of sp³-hybridized carbons (Fsp3) is 0.417. The monoisotopic (exact) mass is 204 g/mol. The second kappa shape index (κ2) is 4.34. The number of urea groups is 1. The molecule has 1 aliphatic rings. The fourth-order valence-corrected chi connectivity index (χ4v) is 1.52. The Morgan fingerprint density at radius 2 is 2.13 bits per heavy atom. The van der Waals surface area contributed by atoms with Gasteiger partial charge in [-0.15, -0.1) is 0 Å². The van der Waals surface area contributed by atoms with Crippen molar-refractivity contribution in [3.63, 3.8) is 0 Å². The minimum atomic E-state index is -0.0848. The smallest absolute Gasteiger partial charge is 0.319 e. The summed E-state index contributed by atoms with van der Waals surface area (Å²) in [4.78, 5) is 11.5. The third-order valence-electron chi connectivity index (χ3n) is 2.56. The maximum absolute atomic E-state index is 11.5. The SMILES string of the molecule is CCc1ccccc1NC(=O)NC1CC1. The Hall–Kier alpha value is -1.51. The number of hydrogen-bond donors (Lipinski definition) is 2. The normalized spacial score (nSPS) is 14.7. The Morgan fingerprint density at radius 3 is 2.80 bits per heavy atom. The second-order valence-corrected chi connectivity index (χ2v) is 3.88. The van der Waals surface area contributed by atoms with Crippen LogP contribution in [0.3, 0.4) is 0 Å². The third-order valence-corrected chi connectivity index (χ3v) is 2.56. The molecule has 0 aromatic heterocycles. The Morgan fingerprint density at radius 1 is 1.40 bits per heavy atom. The molecular formula is C12H16N2O. The maximum atomic E-state index is 11.5. The number of rotatable bonds is 3. The van der Waals surface area contributed by atoms with Crippen molar-refractivity contribution < 1.29 is 4.79 Å². The maximum Gasteiger partial charge on any atom is 0.319 e. The van der Waals surface area contributed by atoms with Crippen LogP contribution in [0.1, 0.15) is 25.3 Å². The van der Waals surface area contributed by atoms with Crippen molar-refractivity contribution >= 4 is 11.7 Å². The molecule has 0 atom stereocenters. The average molecular weight is 204 g/mol. The van der Waals surface area contributed by atoms with Crippen LogP contribution in [0.5, 0.6) is 0 Å². The largest absolute Gasteiger partial charge is 0.335 e. The molecule has 3 nitrogen and oxygen atoms in total. The summed E-state index contributed by atoms with van der Waals surface area (Å²) in [5, 5.41) is 5.79. The van der Waals surface area contributed by atoms with Crippen molar-refractivity contribution in [3.05, 3.63) is 29.8 Å². The first-order valence-corrected chi connectivity index (χ1v) is 5.45. The topological polar surface area (TPSA) is 41.1 Å². The lowest BCUT2D eigenvalue weighted by atomic mass is 10.1. The number of nitrogens with one attached hydrogen (secondary N) is 2. The number of carbonyl (C=O) groups is 1. The quantitative estimate of drug-likeness (QED) is 0.780. The van der Waals surface area contributed by atoms with E-state index in [1.165, 1.54) is 5.56 Å². The van der Waals surface area contributed by atoms with Crippen molar-refractivity contribution in [2.45, 2.75) is 32.2 Å². The molecule has 0 spiro atoms. The molecule has 0 radical (unpaired) electrons. The van der Waals surface area contributed by atoms with Crippen LogP contribution in [0.25, 0.3) is 0 Å². The Labute approximate surface area is 89.9 Å². The predicted octanol–water partition coefficient (Wildman–Crippen LogP) is 2.53. The van der Waals surface area contributed by atoms with Gasteiger partial charge in [-0.3, -0.25) is 0 Å². The lowest BCUT2D eigenvalue weighted by Crippen LogP contribution is -2.30. The van der Waals surface area contributed by atoms with Gasteiger partial charge in [0.15, 0.2) is 0 Å². The summed E-state index contributed by atoms with van der Waals surface area (Å²) in [7, 11) is 0. The van der Waals surface area contributed by atoms with Crippen molar-refractivity contribution in [1.29, 1.82) is 0 Å². The number of benzene rings is 1. The highest BCUT2D eigenvalue weighted by atomic mass is 16.2. The van der Waals surface area contributed by atoms with Crippen LogP contribution >= 0.6 is 0 Å². The van der Waals surface area contributed by atoms with Gasteiger partial charge in [0.2, 0.25) is 0 Å². The van der Waals surface area contributed by atoms with E-state index in [1.54, 1.807) is 0 Å². The molecule has 2 rings (SSSR count). The van der Waals surface area contributed by atoms with Gasteiger partial charge in [-0.2, -0.15) is 0 Å². The van der Waals surface area contributed by atoms with Gasteiger partial charge in [-0.25, -0.2) is 4.79 Å². The number of carbonyl (C=O) groups excluding carboxylic acids is 1. The van der Waals surface area contributed by atoms with E-state index >= 15 is 0 Å². The number of aryl methyl sites for hydroxylation is 1. The molecule has 1 saturated carbocycles. The van der Waals surface area contributed by atoms with Crippen molar-refractivity contribution in [2.24, 2.45) is 0 Å². The number of para-hydroxylation sites is 1. The molecular weight excluding hydrogens is 188 g/mol. The molecule has 0 aliphatic heterocycles. The van der Waals surface area contributed by atoms with E-state index in [-0.39, 0.29) is 6.03 Å². The summed E-state index contributed by atoms with van der Waals surface area (Å²) < 4.78 is 0. The van der Waals surface area contributed by atoms with Crippen LogP contribution in [-0.4, -0.2) is 12.1 Å². The lowest BCUT2D eigenvalue weighted by Gasteiger charge is -2.10. The lowest BCUT2D eigenvalue weighted by molar-refractivity contribution is 0.251.